The van der Waals surface area contributed by atoms with Crippen molar-refractivity contribution in [1.82, 2.24) is 0 Å². The van der Waals surface area contributed by atoms with Crippen molar-refractivity contribution >= 4 is 23.4 Å². The Morgan fingerprint density at radius 3 is 2.54 bits per heavy atom. The highest BCUT2D eigenvalue weighted by atomic mass is 19.1. The highest BCUT2D eigenvalue weighted by Gasteiger charge is 2.34. The highest BCUT2D eigenvalue weighted by molar-refractivity contribution is 5.94. The van der Waals surface area contributed by atoms with E-state index in [1.54, 1.807) is 36.5 Å². The van der Waals surface area contributed by atoms with Gasteiger partial charge in [-0.3, -0.25) is 9.79 Å². The maximum Gasteiger partial charge on any atom is 0.159 e. The van der Waals surface area contributed by atoms with Crippen LogP contribution in [0.1, 0.15) is 61.5 Å². The summed E-state index contributed by atoms with van der Waals surface area (Å²) < 4.78 is 14.6. The Bertz CT molecular complexity index is 868. The lowest BCUT2D eigenvalue weighted by Gasteiger charge is -2.45. The minimum atomic E-state index is -0.274. The van der Waals surface area contributed by atoms with E-state index in [9.17, 15) is 9.18 Å². The highest BCUT2D eigenvalue weighted by Crippen LogP contribution is 2.43. The number of ketones is 1. The third kappa shape index (κ3) is 3.41. The molecule has 2 aromatic rings. The van der Waals surface area contributed by atoms with Crippen LogP contribution >= 0.6 is 0 Å². The molecule has 136 valence electrons. The van der Waals surface area contributed by atoms with Crippen LogP contribution in [0.15, 0.2) is 41.4 Å². The molecule has 0 radical (unpaired) electrons. The van der Waals surface area contributed by atoms with Crippen molar-refractivity contribution in [3.63, 3.8) is 0 Å². The van der Waals surface area contributed by atoms with Crippen molar-refractivity contribution in [1.29, 1.82) is 0 Å². The Kier molecular flexibility index (Phi) is 4.70. The van der Waals surface area contributed by atoms with Crippen LogP contribution in [0.4, 0.5) is 15.8 Å². The Morgan fingerprint density at radius 2 is 1.92 bits per heavy atom. The van der Waals surface area contributed by atoms with E-state index in [1.165, 1.54) is 6.92 Å². The van der Waals surface area contributed by atoms with E-state index >= 15 is 0 Å². The van der Waals surface area contributed by atoms with E-state index in [-0.39, 0.29) is 17.1 Å². The number of anilines is 1. The molecule has 0 N–H and O–H groups in total. The standard InChI is InChI=1S/C22H25FN2O/c1-14-12-22(3,4)25(5)21-11-20(23)17(10-19(14)21)13-24-18-8-6-16(7-9-18)15(2)26/h6-11,13-14H,12H2,1-5H3. The van der Waals surface area contributed by atoms with Crippen LogP contribution in [0.3, 0.4) is 0 Å². The lowest BCUT2D eigenvalue weighted by molar-refractivity contribution is 0.101. The Balaban J connectivity index is 1.92. The van der Waals surface area contributed by atoms with Crippen LogP contribution in [-0.2, 0) is 0 Å². The molecule has 0 amide bonds. The first-order valence-corrected chi connectivity index (χ1v) is 8.91. The second kappa shape index (κ2) is 6.67. The first kappa shape index (κ1) is 18.3. The fourth-order valence-electron chi connectivity index (χ4n) is 3.63. The molecular formula is C22H25FN2O. The van der Waals surface area contributed by atoms with Gasteiger partial charge in [-0.2, -0.15) is 0 Å². The van der Waals surface area contributed by atoms with Gasteiger partial charge in [-0.25, -0.2) is 4.39 Å². The van der Waals surface area contributed by atoms with Gasteiger partial charge < -0.3 is 4.90 Å². The van der Waals surface area contributed by atoms with E-state index in [0.29, 0.717) is 22.7 Å². The van der Waals surface area contributed by atoms with Crippen LogP contribution in [0.2, 0.25) is 0 Å². The van der Waals surface area contributed by atoms with Gasteiger partial charge in [0.25, 0.3) is 0 Å². The van der Waals surface area contributed by atoms with Gasteiger partial charge in [0.1, 0.15) is 5.82 Å². The number of aliphatic imine (C=N–C) groups is 1. The zero-order valence-corrected chi connectivity index (χ0v) is 16.0. The SMILES string of the molecule is CC(=O)c1ccc(N=Cc2cc3c(cc2F)N(C)C(C)(C)CC3C)cc1. The molecule has 0 aromatic heterocycles. The number of hydrogen-bond acceptors (Lipinski definition) is 3. The topological polar surface area (TPSA) is 32.7 Å². The Labute approximate surface area is 154 Å². The summed E-state index contributed by atoms with van der Waals surface area (Å²) in [6, 6.07) is 10.5. The van der Waals surface area contributed by atoms with Gasteiger partial charge in [0.15, 0.2) is 5.78 Å². The molecule has 1 atom stereocenters. The molecule has 0 saturated carbocycles. The minimum absolute atomic E-state index is 0.00687. The van der Waals surface area contributed by atoms with Crippen molar-refractivity contribution < 1.29 is 9.18 Å². The zero-order chi connectivity index (χ0) is 19.1. The molecule has 1 aliphatic rings. The molecule has 1 heterocycles. The van der Waals surface area contributed by atoms with E-state index in [0.717, 1.165) is 17.7 Å². The van der Waals surface area contributed by atoms with Gasteiger partial charge in [0, 0.05) is 35.6 Å². The summed E-state index contributed by atoms with van der Waals surface area (Å²) in [6.07, 6.45) is 2.58. The van der Waals surface area contributed by atoms with Crippen molar-refractivity contribution in [3.8, 4) is 0 Å². The van der Waals surface area contributed by atoms with Crippen molar-refractivity contribution in [2.45, 2.75) is 45.6 Å². The van der Waals surface area contributed by atoms with Crippen LogP contribution < -0.4 is 4.90 Å². The average Bonchev–Trinajstić information content (AvgIpc) is 2.58. The molecule has 0 aliphatic carbocycles. The number of hydrogen-bond donors (Lipinski definition) is 0. The first-order chi connectivity index (χ1) is 12.2. The normalized spacial score (nSPS) is 18.8. The van der Waals surface area contributed by atoms with Crippen LogP contribution in [0, 0.1) is 5.82 Å². The molecule has 4 heteroatoms. The summed E-state index contributed by atoms with van der Waals surface area (Å²) in [6.45, 7) is 8.09. The quantitative estimate of drug-likeness (QED) is 0.540. The Hall–Kier alpha value is -2.49. The molecule has 2 aromatic carbocycles. The monoisotopic (exact) mass is 352 g/mol. The van der Waals surface area contributed by atoms with Crippen LogP contribution in [0.25, 0.3) is 0 Å². The van der Waals surface area contributed by atoms with E-state index in [4.69, 9.17) is 0 Å². The number of fused-ring (bicyclic) bond motifs is 1. The summed E-state index contributed by atoms with van der Waals surface area (Å²) in [5.74, 6) is 0.102. The van der Waals surface area contributed by atoms with Gasteiger partial charge in [-0.1, -0.05) is 6.92 Å². The van der Waals surface area contributed by atoms with E-state index in [2.05, 4.69) is 30.7 Å². The van der Waals surface area contributed by atoms with Gasteiger partial charge in [0.2, 0.25) is 0 Å². The summed E-state index contributed by atoms with van der Waals surface area (Å²) in [7, 11) is 2.02. The maximum absolute atomic E-state index is 14.6. The number of rotatable bonds is 3. The van der Waals surface area contributed by atoms with E-state index in [1.807, 2.05) is 13.1 Å². The largest absolute Gasteiger partial charge is 0.369 e. The van der Waals surface area contributed by atoms with Crippen LogP contribution in [0.5, 0.6) is 0 Å². The van der Waals surface area contributed by atoms with Gasteiger partial charge in [-0.05, 0) is 75.1 Å². The molecule has 0 spiro atoms. The fourth-order valence-corrected chi connectivity index (χ4v) is 3.63. The van der Waals surface area contributed by atoms with E-state index < -0.39 is 0 Å². The first-order valence-electron chi connectivity index (χ1n) is 8.91. The predicted octanol–water partition coefficient (Wildman–Crippen LogP) is 5.50. The number of carbonyl (C=O) groups excluding carboxylic acids is 1. The fraction of sp³-hybridized carbons (Fsp3) is 0.364. The second-order valence-corrected chi connectivity index (χ2v) is 7.77. The lowest BCUT2D eigenvalue weighted by Crippen LogP contribution is -2.45. The molecule has 1 aliphatic heterocycles. The maximum atomic E-state index is 14.6. The second-order valence-electron chi connectivity index (χ2n) is 7.77. The van der Waals surface area contributed by atoms with Crippen LogP contribution in [-0.4, -0.2) is 24.6 Å². The number of Topliss-reactive ketones (excluding diaryl/α,β-unsaturated/α-hetero) is 1. The Morgan fingerprint density at radius 1 is 1.27 bits per heavy atom. The predicted molar refractivity (Wildman–Crippen MR) is 106 cm³/mol. The average molecular weight is 352 g/mol. The zero-order valence-electron chi connectivity index (χ0n) is 16.0. The molecule has 0 bridgehead atoms. The summed E-state index contributed by atoms with van der Waals surface area (Å²) >= 11 is 0. The molecular weight excluding hydrogens is 327 g/mol. The molecule has 1 unspecified atom stereocenters. The number of benzene rings is 2. The lowest BCUT2D eigenvalue weighted by atomic mass is 9.80. The van der Waals surface area contributed by atoms with Gasteiger partial charge in [0.05, 0.1) is 5.69 Å². The van der Waals surface area contributed by atoms with Crippen molar-refractivity contribution in [2.24, 2.45) is 4.99 Å². The van der Waals surface area contributed by atoms with Crippen molar-refractivity contribution in [3.05, 3.63) is 58.9 Å². The number of halogens is 1. The summed E-state index contributed by atoms with van der Waals surface area (Å²) in [5.41, 5.74) is 3.93. The third-order valence-corrected chi connectivity index (χ3v) is 5.38. The van der Waals surface area contributed by atoms with Gasteiger partial charge >= 0.3 is 0 Å². The summed E-state index contributed by atoms with van der Waals surface area (Å²) in [4.78, 5) is 17.9. The molecule has 0 fully saturated rings. The van der Waals surface area contributed by atoms with Crippen molar-refractivity contribution in [2.75, 3.05) is 11.9 Å². The summed E-state index contributed by atoms with van der Waals surface area (Å²) in [5, 5.41) is 0. The number of carbonyl (C=O) groups is 1. The minimum Gasteiger partial charge on any atom is -0.369 e. The number of nitrogens with zero attached hydrogens (tertiary/aromatic N) is 2. The molecule has 26 heavy (non-hydrogen) atoms. The smallest absolute Gasteiger partial charge is 0.159 e. The molecule has 3 rings (SSSR count). The molecule has 0 saturated heterocycles. The third-order valence-electron chi connectivity index (χ3n) is 5.38. The van der Waals surface area contributed by atoms with Gasteiger partial charge in [-0.15, -0.1) is 0 Å². The molecule has 3 nitrogen and oxygen atoms in total.